The molecule has 0 saturated carbocycles. The van der Waals surface area contributed by atoms with Crippen LogP contribution in [0.1, 0.15) is 36.9 Å². The van der Waals surface area contributed by atoms with Crippen LogP contribution in [-0.2, 0) is 16.1 Å². The van der Waals surface area contributed by atoms with E-state index >= 15 is 0 Å². The van der Waals surface area contributed by atoms with Crippen molar-refractivity contribution in [3.8, 4) is 0 Å². The highest BCUT2D eigenvalue weighted by atomic mass is 16.2. The Morgan fingerprint density at radius 3 is 2.87 bits per heavy atom. The van der Waals surface area contributed by atoms with Crippen molar-refractivity contribution < 1.29 is 9.59 Å². The molecule has 0 bridgehead atoms. The SMILES string of the molecule is C[C@H](NC(=O)[C@H]1C[C@@H](c2ccccc2)CCN1)C(=O)NCc1cc2cnccc2[nH]1. The molecule has 0 spiro atoms. The lowest BCUT2D eigenvalue weighted by Crippen LogP contribution is -2.53. The fourth-order valence-electron chi connectivity index (χ4n) is 3.99. The van der Waals surface area contributed by atoms with Gasteiger partial charge < -0.3 is 20.9 Å². The molecule has 7 nitrogen and oxygen atoms in total. The summed E-state index contributed by atoms with van der Waals surface area (Å²) in [6.07, 6.45) is 5.23. The van der Waals surface area contributed by atoms with Crippen LogP contribution in [0.2, 0.25) is 0 Å². The summed E-state index contributed by atoms with van der Waals surface area (Å²) < 4.78 is 0. The number of aromatic amines is 1. The Morgan fingerprint density at radius 1 is 1.23 bits per heavy atom. The molecule has 2 amide bonds. The number of pyridine rings is 1. The maximum atomic E-state index is 12.7. The molecule has 30 heavy (non-hydrogen) atoms. The standard InChI is InChI=1S/C23H27N5O2/c1-15(22(29)26-14-19-11-18-13-24-9-8-20(18)28-19)27-23(30)21-12-17(7-10-25-21)16-5-3-2-4-6-16/h2-6,8-9,11,13,15,17,21,25,28H,7,10,12,14H2,1H3,(H,26,29)(H,27,30)/t15-,17-,21+/m0/s1. The molecule has 3 aromatic rings. The van der Waals surface area contributed by atoms with Crippen LogP contribution >= 0.6 is 0 Å². The highest BCUT2D eigenvalue weighted by molar-refractivity contribution is 5.89. The zero-order valence-corrected chi connectivity index (χ0v) is 17.0. The van der Waals surface area contributed by atoms with Gasteiger partial charge in [-0.25, -0.2) is 0 Å². The van der Waals surface area contributed by atoms with E-state index in [0.29, 0.717) is 12.5 Å². The number of piperidine rings is 1. The molecule has 156 valence electrons. The van der Waals surface area contributed by atoms with Gasteiger partial charge in [-0.15, -0.1) is 0 Å². The lowest BCUT2D eigenvalue weighted by atomic mass is 9.86. The summed E-state index contributed by atoms with van der Waals surface area (Å²) in [6, 6.07) is 13.2. The number of carbonyl (C=O) groups is 2. The third kappa shape index (κ3) is 4.68. The van der Waals surface area contributed by atoms with Crippen LogP contribution in [0.25, 0.3) is 10.9 Å². The number of aromatic nitrogens is 2. The summed E-state index contributed by atoms with van der Waals surface area (Å²) >= 11 is 0. The molecule has 1 aromatic carbocycles. The minimum absolute atomic E-state index is 0.130. The molecule has 0 radical (unpaired) electrons. The molecule has 4 rings (SSSR count). The average molecular weight is 406 g/mol. The third-order valence-corrected chi connectivity index (χ3v) is 5.67. The lowest BCUT2D eigenvalue weighted by Gasteiger charge is -2.30. The topological polar surface area (TPSA) is 98.9 Å². The van der Waals surface area contributed by atoms with E-state index in [9.17, 15) is 9.59 Å². The molecule has 3 heterocycles. The van der Waals surface area contributed by atoms with E-state index in [4.69, 9.17) is 0 Å². The Morgan fingerprint density at radius 2 is 2.07 bits per heavy atom. The summed E-state index contributed by atoms with van der Waals surface area (Å²) in [6.45, 7) is 2.86. The van der Waals surface area contributed by atoms with Crippen molar-refractivity contribution in [1.29, 1.82) is 0 Å². The van der Waals surface area contributed by atoms with Crippen LogP contribution < -0.4 is 16.0 Å². The normalized spacial score (nSPS) is 19.9. The predicted octanol–water partition coefficient (Wildman–Crippen LogP) is 2.22. The van der Waals surface area contributed by atoms with E-state index in [2.05, 4.69) is 38.1 Å². The Hall–Kier alpha value is -3.19. The molecule has 1 aliphatic heterocycles. The highest BCUT2D eigenvalue weighted by Crippen LogP contribution is 2.27. The molecular formula is C23H27N5O2. The number of hydrogen-bond acceptors (Lipinski definition) is 4. The maximum Gasteiger partial charge on any atom is 0.242 e. The van der Waals surface area contributed by atoms with Crippen molar-refractivity contribution in [2.24, 2.45) is 0 Å². The Kier molecular flexibility index (Phi) is 6.09. The van der Waals surface area contributed by atoms with E-state index in [0.717, 1.165) is 36.0 Å². The Bertz CT molecular complexity index is 984. The predicted molar refractivity (Wildman–Crippen MR) is 116 cm³/mol. The second kappa shape index (κ2) is 9.09. The van der Waals surface area contributed by atoms with Crippen molar-refractivity contribution in [3.63, 3.8) is 0 Å². The van der Waals surface area contributed by atoms with Crippen LogP contribution in [0.5, 0.6) is 0 Å². The fourth-order valence-corrected chi connectivity index (χ4v) is 3.99. The van der Waals surface area contributed by atoms with E-state index < -0.39 is 6.04 Å². The Labute approximate surface area is 175 Å². The van der Waals surface area contributed by atoms with Gasteiger partial charge in [0, 0.05) is 29.0 Å². The van der Waals surface area contributed by atoms with E-state index in [1.54, 1.807) is 19.3 Å². The summed E-state index contributed by atoms with van der Waals surface area (Å²) in [7, 11) is 0. The number of H-pyrrole nitrogens is 1. The second-order valence-electron chi connectivity index (χ2n) is 7.84. The third-order valence-electron chi connectivity index (χ3n) is 5.67. The number of benzene rings is 1. The van der Waals surface area contributed by atoms with Crippen LogP contribution in [0.15, 0.2) is 54.9 Å². The van der Waals surface area contributed by atoms with Crippen LogP contribution in [-0.4, -0.2) is 40.4 Å². The monoisotopic (exact) mass is 405 g/mol. The smallest absolute Gasteiger partial charge is 0.242 e. The van der Waals surface area contributed by atoms with Gasteiger partial charge in [-0.2, -0.15) is 0 Å². The quantitative estimate of drug-likeness (QED) is 0.505. The molecule has 2 aromatic heterocycles. The molecule has 4 N–H and O–H groups in total. The summed E-state index contributed by atoms with van der Waals surface area (Å²) in [5.74, 6) is 0.00866. The summed E-state index contributed by atoms with van der Waals surface area (Å²) in [5, 5.41) is 10.0. The maximum absolute atomic E-state index is 12.7. The van der Waals surface area contributed by atoms with E-state index in [1.165, 1.54) is 5.56 Å². The zero-order valence-electron chi connectivity index (χ0n) is 17.0. The van der Waals surface area contributed by atoms with Gasteiger partial charge in [-0.1, -0.05) is 30.3 Å². The van der Waals surface area contributed by atoms with Gasteiger partial charge >= 0.3 is 0 Å². The lowest BCUT2D eigenvalue weighted by molar-refractivity contribution is -0.130. The largest absolute Gasteiger partial charge is 0.357 e. The molecule has 0 aliphatic carbocycles. The van der Waals surface area contributed by atoms with Gasteiger partial charge in [0.15, 0.2) is 0 Å². The van der Waals surface area contributed by atoms with Crippen molar-refractivity contribution in [2.45, 2.75) is 44.3 Å². The number of fused-ring (bicyclic) bond motifs is 1. The molecule has 3 atom stereocenters. The first-order chi connectivity index (χ1) is 14.6. The summed E-state index contributed by atoms with van der Waals surface area (Å²) in [4.78, 5) is 32.5. The van der Waals surface area contributed by atoms with Gasteiger partial charge in [0.1, 0.15) is 6.04 Å². The molecule has 1 aliphatic rings. The number of hydrogen-bond donors (Lipinski definition) is 4. The highest BCUT2D eigenvalue weighted by Gasteiger charge is 2.29. The van der Waals surface area contributed by atoms with E-state index in [-0.39, 0.29) is 17.9 Å². The first kappa shape index (κ1) is 20.1. The van der Waals surface area contributed by atoms with Crippen molar-refractivity contribution in [1.82, 2.24) is 25.9 Å². The van der Waals surface area contributed by atoms with Crippen LogP contribution in [0.3, 0.4) is 0 Å². The number of rotatable bonds is 6. The Balaban J connectivity index is 1.28. The van der Waals surface area contributed by atoms with Crippen molar-refractivity contribution in [3.05, 3.63) is 66.1 Å². The van der Waals surface area contributed by atoms with Gasteiger partial charge in [0.05, 0.1) is 12.6 Å². The molecule has 7 heteroatoms. The van der Waals surface area contributed by atoms with Gasteiger partial charge in [-0.3, -0.25) is 14.6 Å². The molecule has 0 unspecified atom stereocenters. The van der Waals surface area contributed by atoms with Gasteiger partial charge in [0.2, 0.25) is 11.8 Å². The summed E-state index contributed by atoms with van der Waals surface area (Å²) in [5.41, 5.74) is 3.13. The van der Waals surface area contributed by atoms with E-state index in [1.807, 2.05) is 30.3 Å². The molecule has 1 saturated heterocycles. The van der Waals surface area contributed by atoms with Crippen LogP contribution in [0, 0.1) is 0 Å². The van der Waals surface area contributed by atoms with Gasteiger partial charge in [-0.05, 0) is 49.9 Å². The first-order valence-corrected chi connectivity index (χ1v) is 10.4. The zero-order chi connectivity index (χ0) is 20.9. The number of amides is 2. The van der Waals surface area contributed by atoms with Crippen molar-refractivity contribution in [2.75, 3.05) is 6.54 Å². The first-order valence-electron chi connectivity index (χ1n) is 10.4. The minimum atomic E-state index is -0.609. The van der Waals surface area contributed by atoms with Gasteiger partial charge in [0.25, 0.3) is 0 Å². The second-order valence-corrected chi connectivity index (χ2v) is 7.84. The number of nitrogens with zero attached hydrogens (tertiary/aromatic N) is 1. The minimum Gasteiger partial charge on any atom is -0.357 e. The molecular weight excluding hydrogens is 378 g/mol. The average Bonchev–Trinajstić information content (AvgIpc) is 3.21. The fraction of sp³-hybridized carbons (Fsp3) is 0.348. The van der Waals surface area contributed by atoms with Crippen molar-refractivity contribution >= 4 is 22.7 Å². The molecule has 1 fully saturated rings. The number of nitrogens with one attached hydrogen (secondary N) is 4. The van der Waals surface area contributed by atoms with Crippen LogP contribution in [0.4, 0.5) is 0 Å². The number of carbonyl (C=O) groups excluding carboxylic acids is 2.